The quantitative estimate of drug-likeness (QED) is 0.175. The van der Waals surface area contributed by atoms with E-state index in [2.05, 4.69) is 16.0 Å². The Morgan fingerprint density at radius 3 is 2.21 bits per heavy atom. The molecule has 1 fully saturated rings. The van der Waals surface area contributed by atoms with Crippen LogP contribution in [0.2, 0.25) is 0 Å². The third-order valence-corrected chi connectivity index (χ3v) is 9.96. The van der Waals surface area contributed by atoms with Gasteiger partial charge in [-0.15, -0.1) is 0 Å². The predicted octanol–water partition coefficient (Wildman–Crippen LogP) is 2.51. The molecule has 0 saturated carbocycles. The van der Waals surface area contributed by atoms with Gasteiger partial charge in [0.05, 0.1) is 61.4 Å². The average Bonchev–Trinajstić information content (AvgIpc) is 3.56. The lowest BCUT2D eigenvalue weighted by Gasteiger charge is -2.39. The number of likely N-dealkylation sites (N-methyl/N-ethyl adjacent to an activating group) is 2. The van der Waals surface area contributed by atoms with E-state index in [4.69, 9.17) is 9.47 Å². The molecule has 1 aliphatic heterocycles. The number of aliphatic hydroxyl groups excluding tert-OH is 1. The second-order valence-corrected chi connectivity index (χ2v) is 13.5. The first kappa shape index (κ1) is 41.1. The van der Waals surface area contributed by atoms with Crippen molar-refractivity contribution in [3.63, 3.8) is 0 Å². The molecule has 4 amide bonds. The van der Waals surface area contributed by atoms with Crippen molar-refractivity contribution in [2.45, 2.75) is 110 Å². The lowest BCUT2D eigenvalue weighted by atomic mass is 9.90. The normalized spacial score (nSPS) is 19.8. The number of ether oxygens (including phenoxy) is 2. The van der Waals surface area contributed by atoms with Gasteiger partial charge >= 0.3 is 0 Å². The van der Waals surface area contributed by atoms with E-state index in [0.29, 0.717) is 18.5 Å². The molecule has 1 heterocycles. The second kappa shape index (κ2) is 19.8. The first-order valence-electron chi connectivity index (χ1n) is 17.3. The molecule has 0 aromatic heterocycles. The highest BCUT2D eigenvalue weighted by molar-refractivity contribution is 5.87. The fourth-order valence-corrected chi connectivity index (χ4v) is 6.86. The van der Waals surface area contributed by atoms with Crippen LogP contribution in [0.3, 0.4) is 0 Å². The van der Waals surface area contributed by atoms with Crippen LogP contribution < -0.4 is 16.0 Å². The summed E-state index contributed by atoms with van der Waals surface area (Å²) in [5.41, 5.74) is 0.711. The van der Waals surface area contributed by atoms with Crippen molar-refractivity contribution in [2.75, 3.05) is 41.4 Å². The summed E-state index contributed by atoms with van der Waals surface area (Å²) >= 11 is 0. The Kier molecular flexibility index (Phi) is 17.0. The first-order valence-corrected chi connectivity index (χ1v) is 17.3. The van der Waals surface area contributed by atoms with Crippen molar-refractivity contribution in [3.8, 4) is 0 Å². The number of hydrogen-bond acceptors (Lipinski definition) is 8. The van der Waals surface area contributed by atoms with Crippen molar-refractivity contribution < 1.29 is 33.8 Å². The molecule has 272 valence electrons. The Bertz CT molecular complexity index is 1170. The summed E-state index contributed by atoms with van der Waals surface area (Å²) in [5.74, 6) is -1.45. The minimum atomic E-state index is -0.871. The van der Waals surface area contributed by atoms with Gasteiger partial charge in [0.2, 0.25) is 23.6 Å². The van der Waals surface area contributed by atoms with Gasteiger partial charge in [0.15, 0.2) is 0 Å². The van der Waals surface area contributed by atoms with Crippen molar-refractivity contribution in [3.05, 3.63) is 35.9 Å². The van der Waals surface area contributed by atoms with Crippen LogP contribution in [0.4, 0.5) is 0 Å². The molecule has 2 rings (SSSR count). The van der Waals surface area contributed by atoms with Crippen molar-refractivity contribution >= 4 is 23.6 Å². The summed E-state index contributed by atoms with van der Waals surface area (Å²) in [7, 11) is 6.50. The third-order valence-electron chi connectivity index (χ3n) is 9.96. The van der Waals surface area contributed by atoms with Crippen molar-refractivity contribution in [2.24, 2.45) is 17.8 Å². The number of hydrogen-bond donors (Lipinski definition) is 4. The lowest BCUT2D eigenvalue weighted by Crippen LogP contribution is -2.55. The van der Waals surface area contributed by atoms with Crippen LogP contribution in [-0.4, -0.2) is 116 Å². The standard InChI is InChI=1S/C36H61N5O7/c1-11-23(4)32(40(8)30(43)21-38-36(46)31(37-7)22(2)3)28(47-9)20-29(42)41-19-15-18-27(41)34(48-10)24(5)35(45)39-25(6)33(44)26-16-13-12-14-17-26/h12-14,16-17,22-25,27-28,31-34,37,44H,11,15,18-21H2,1-10H3,(H,38,46)(H,39,45). The molecule has 0 radical (unpaired) electrons. The molecular formula is C36H61N5O7. The molecule has 48 heavy (non-hydrogen) atoms. The fraction of sp³-hybridized carbons (Fsp3) is 0.722. The zero-order valence-electron chi connectivity index (χ0n) is 30.7. The number of carbonyl (C=O) groups excluding carboxylic acids is 4. The van der Waals surface area contributed by atoms with Crippen LogP contribution in [0.1, 0.15) is 78.9 Å². The van der Waals surface area contributed by atoms with Gasteiger partial charge in [-0.25, -0.2) is 0 Å². The number of carbonyl (C=O) groups is 4. The highest BCUT2D eigenvalue weighted by atomic mass is 16.5. The number of likely N-dealkylation sites (tertiary alicyclic amines) is 1. The van der Waals surface area contributed by atoms with Crippen molar-refractivity contribution in [1.82, 2.24) is 25.8 Å². The van der Waals surface area contributed by atoms with Gasteiger partial charge in [-0.1, -0.05) is 71.4 Å². The molecule has 1 aliphatic rings. The zero-order chi connectivity index (χ0) is 36.1. The smallest absolute Gasteiger partial charge is 0.242 e. The molecule has 12 nitrogen and oxygen atoms in total. The lowest BCUT2D eigenvalue weighted by molar-refractivity contribution is -0.146. The van der Waals surface area contributed by atoms with Gasteiger partial charge in [-0.3, -0.25) is 19.2 Å². The molecule has 4 N–H and O–H groups in total. The number of amides is 4. The predicted molar refractivity (Wildman–Crippen MR) is 186 cm³/mol. The summed E-state index contributed by atoms with van der Waals surface area (Å²) in [6, 6.07) is 7.48. The zero-order valence-corrected chi connectivity index (χ0v) is 30.7. The summed E-state index contributed by atoms with van der Waals surface area (Å²) in [6.45, 7) is 11.8. The highest BCUT2D eigenvalue weighted by Crippen LogP contribution is 2.29. The van der Waals surface area contributed by atoms with Crippen LogP contribution >= 0.6 is 0 Å². The molecule has 0 aliphatic carbocycles. The highest BCUT2D eigenvalue weighted by Gasteiger charge is 2.42. The minimum Gasteiger partial charge on any atom is -0.386 e. The Labute approximate surface area is 287 Å². The number of aliphatic hydroxyl groups is 1. The van der Waals surface area contributed by atoms with E-state index < -0.39 is 42.4 Å². The van der Waals surface area contributed by atoms with Gasteiger partial charge in [0.25, 0.3) is 0 Å². The maximum absolute atomic E-state index is 13.9. The SMILES string of the molecule is CCC(C)C(C(CC(=O)N1CCCC1C(OC)C(C)C(=O)NC(C)C(O)c1ccccc1)OC)N(C)C(=O)CNC(=O)C(NC)C(C)C. The van der Waals surface area contributed by atoms with Gasteiger partial charge in [-0.05, 0) is 44.2 Å². The van der Waals surface area contributed by atoms with E-state index in [1.807, 2.05) is 58.0 Å². The number of rotatable bonds is 19. The van der Waals surface area contributed by atoms with E-state index in [0.717, 1.165) is 12.8 Å². The summed E-state index contributed by atoms with van der Waals surface area (Å²) in [5, 5.41) is 19.4. The molecule has 1 saturated heterocycles. The van der Waals surface area contributed by atoms with E-state index in [9.17, 15) is 24.3 Å². The van der Waals surface area contributed by atoms with Crippen molar-refractivity contribution in [1.29, 1.82) is 0 Å². The second-order valence-electron chi connectivity index (χ2n) is 13.5. The Hall–Kier alpha value is -3.06. The monoisotopic (exact) mass is 675 g/mol. The minimum absolute atomic E-state index is 0.00571. The molecule has 12 heteroatoms. The van der Waals surface area contributed by atoms with Gasteiger partial charge in [-0.2, -0.15) is 0 Å². The molecule has 0 spiro atoms. The number of benzene rings is 1. The Morgan fingerprint density at radius 1 is 1.02 bits per heavy atom. The maximum Gasteiger partial charge on any atom is 0.242 e. The van der Waals surface area contributed by atoms with Crippen LogP contribution in [0.5, 0.6) is 0 Å². The van der Waals surface area contributed by atoms with E-state index in [-0.39, 0.29) is 54.5 Å². The Morgan fingerprint density at radius 2 is 1.67 bits per heavy atom. The number of nitrogens with one attached hydrogen (secondary N) is 3. The van der Waals surface area contributed by atoms with E-state index >= 15 is 0 Å². The van der Waals surface area contributed by atoms with Gasteiger partial charge in [0.1, 0.15) is 0 Å². The number of nitrogens with zero attached hydrogens (tertiary/aromatic N) is 2. The van der Waals surface area contributed by atoms with Gasteiger partial charge in [0, 0.05) is 27.8 Å². The van der Waals surface area contributed by atoms with Crippen LogP contribution in [-0.2, 0) is 28.7 Å². The average molecular weight is 676 g/mol. The Balaban J connectivity index is 2.14. The molecule has 1 aromatic carbocycles. The van der Waals surface area contributed by atoms with Gasteiger partial charge < -0.3 is 40.3 Å². The van der Waals surface area contributed by atoms with Crippen LogP contribution in [0.15, 0.2) is 30.3 Å². The molecule has 9 atom stereocenters. The molecule has 1 aromatic rings. The summed E-state index contributed by atoms with van der Waals surface area (Å²) in [6.07, 6.45) is 0.202. The number of methoxy groups -OCH3 is 2. The molecule has 0 bridgehead atoms. The van der Waals surface area contributed by atoms with Crippen LogP contribution in [0, 0.1) is 17.8 Å². The fourth-order valence-electron chi connectivity index (χ4n) is 6.86. The third kappa shape index (κ3) is 10.7. The van der Waals surface area contributed by atoms with E-state index in [1.54, 1.807) is 52.0 Å². The van der Waals surface area contributed by atoms with E-state index in [1.165, 1.54) is 0 Å². The summed E-state index contributed by atoms with van der Waals surface area (Å²) in [4.78, 5) is 56.7. The summed E-state index contributed by atoms with van der Waals surface area (Å²) < 4.78 is 11.8. The topological polar surface area (TPSA) is 150 Å². The molecular weight excluding hydrogens is 614 g/mol. The first-order chi connectivity index (χ1) is 22.7. The molecule has 9 unspecified atom stereocenters. The largest absolute Gasteiger partial charge is 0.386 e. The maximum atomic E-state index is 13.9. The van der Waals surface area contributed by atoms with Crippen LogP contribution in [0.25, 0.3) is 0 Å².